The highest BCUT2D eigenvalue weighted by Crippen LogP contribution is 2.45. The molecule has 7 heteroatoms. The monoisotopic (exact) mass is 459 g/mol. The van der Waals surface area contributed by atoms with E-state index >= 15 is 0 Å². The van der Waals surface area contributed by atoms with Crippen LogP contribution < -0.4 is 10.6 Å². The van der Waals surface area contributed by atoms with Crippen molar-refractivity contribution < 1.29 is 9.90 Å². The summed E-state index contributed by atoms with van der Waals surface area (Å²) in [5.74, 6) is 1.04. The number of aromatic nitrogens is 2. The van der Waals surface area contributed by atoms with Crippen molar-refractivity contribution in [1.29, 1.82) is 0 Å². The zero-order valence-corrected chi connectivity index (χ0v) is 20.4. The smallest absolute Gasteiger partial charge is 0.239 e. The van der Waals surface area contributed by atoms with Crippen LogP contribution in [-0.4, -0.2) is 45.7 Å². The number of aromatic amines is 1. The highest BCUT2D eigenvalue weighted by molar-refractivity contribution is 6.07. The van der Waals surface area contributed by atoms with Crippen LogP contribution in [0.15, 0.2) is 47.9 Å². The molecule has 3 heterocycles. The number of nitrogen functional groups attached to an aromatic ring is 1. The Kier molecular flexibility index (Phi) is 5.20. The Morgan fingerprint density at radius 2 is 2.12 bits per heavy atom. The van der Waals surface area contributed by atoms with Gasteiger partial charge in [-0.2, -0.15) is 5.10 Å². The summed E-state index contributed by atoms with van der Waals surface area (Å²) in [6, 6.07) is 3.89. The van der Waals surface area contributed by atoms with E-state index in [1.54, 1.807) is 12.3 Å². The molecule has 7 nitrogen and oxygen atoms in total. The van der Waals surface area contributed by atoms with E-state index in [2.05, 4.69) is 28.7 Å². The maximum atomic E-state index is 13.3. The Hall–Kier alpha value is -3.32. The van der Waals surface area contributed by atoms with Gasteiger partial charge in [0.25, 0.3) is 0 Å². The second-order valence-electron chi connectivity index (χ2n) is 10.4. The van der Waals surface area contributed by atoms with Crippen LogP contribution in [0.25, 0.3) is 5.57 Å². The molecule has 1 atom stereocenters. The molecule has 178 valence electrons. The first-order valence-electron chi connectivity index (χ1n) is 11.9. The second kappa shape index (κ2) is 7.87. The number of nitrogens with one attached hydrogen (secondary N) is 1. The lowest BCUT2D eigenvalue weighted by molar-refractivity contribution is -0.122. The molecular weight excluding hydrogens is 426 g/mol. The van der Waals surface area contributed by atoms with Crippen LogP contribution in [-0.2, 0) is 23.2 Å². The van der Waals surface area contributed by atoms with Gasteiger partial charge in [0.05, 0.1) is 17.7 Å². The highest BCUT2D eigenvalue weighted by atomic mass is 16.3. The van der Waals surface area contributed by atoms with Crippen LogP contribution in [0.3, 0.4) is 0 Å². The van der Waals surface area contributed by atoms with E-state index in [1.807, 2.05) is 37.8 Å². The average Bonchev–Trinajstić information content (AvgIpc) is 3.44. The van der Waals surface area contributed by atoms with Gasteiger partial charge in [0, 0.05) is 24.3 Å². The van der Waals surface area contributed by atoms with Crippen LogP contribution >= 0.6 is 0 Å². The molecule has 2 aromatic rings. The van der Waals surface area contributed by atoms with Crippen LogP contribution in [0, 0.1) is 0 Å². The second-order valence-corrected chi connectivity index (χ2v) is 10.4. The van der Waals surface area contributed by atoms with Crippen LogP contribution in [0.5, 0.6) is 0 Å². The van der Waals surface area contributed by atoms with Gasteiger partial charge in [0.2, 0.25) is 5.91 Å². The van der Waals surface area contributed by atoms with E-state index in [0.29, 0.717) is 12.1 Å². The molecule has 1 aromatic heterocycles. The first-order chi connectivity index (χ1) is 16.1. The van der Waals surface area contributed by atoms with Gasteiger partial charge in [-0.15, -0.1) is 0 Å². The van der Waals surface area contributed by atoms with E-state index < -0.39 is 5.41 Å². The normalized spacial score (nSPS) is 22.4. The summed E-state index contributed by atoms with van der Waals surface area (Å²) >= 11 is 0. The van der Waals surface area contributed by atoms with Gasteiger partial charge in [0.15, 0.2) is 0 Å². The summed E-state index contributed by atoms with van der Waals surface area (Å²) in [4.78, 5) is 17.4. The number of allylic oxidation sites excluding steroid dienone is 3. The van der Waals surface area contributed by atoms with E-state index in [0.717, 1.165) is 59.6 Å². The van der Waals surface area contributed by atoms with Gasteiger partial charge in [-0.3, -0.25) is 14.8 Å². The number of aliphatic hydroxyl groups excluding tert-OH is 1. The molecule has 3 aliphatic rings. The van der Waals surface area contributed by atoms with Crippen molar-refractivity contribution in [1.82, 2.24) is 15.1 Å². The van der Waals surface area contributed by atoms with Gasteiger partial charge in [-0.1, -0.05) is 6.58 Å². The third-order valence-corrected chi connectivity index (χ3v) is 7.76. The number of fused-ring (bicyclic) bond motifs is 2. The molecule has 34 heavy (non-hydrogen) atoms. The minimum Gasteiger partial charge on any atom is -0.508 e. The summed E-state index contributed by atoms with van der Waals surface area (Å²) in [6.07, 6.45) is 5.88. The molecule has 5 rings (SSSR count). The van der Waals surface area contributed by atoms with Crippen LogP contribution in [0.1, 0.15) is 55.9 Å². The molecule has 0 saturated heterocycles. The Labute approximate surface area is 200 Å². The summed E-state index contributed by atoms with van der Waals surface area (Å²) in [5.41, 5.74) is 13.3. The maximum Gasteiger partial charge on any atom is 0.239 e. The predicted octanol–water partition coefficient (Wildman–Crippen LogP) is 4.24. The molecule has 1 aromatic carbocycles. The van der Waals surface area contributed by atoms with E-state index in [4.69, 9.17) is 5.73 Å². The van der Waals surface area contributed by atoms with E-state index in [9.17, 15) is 9.90 Å². The van der Waals surface area contributed by atoms with Crippen molar-refractivity contribution in [3.8, 4) is 0 Å². The molecule has 1 aliphatic carbocycles. The van der Waals surface area contributed by atoms with Gasteiger partial charge in [-0.25, -0.2) is 0 Å². The Morgan fingerprint density at radius 3 is 2.88 bits per heavy atom. The molecule has 2 aliphatic heterocycles. The molecule has 1 unspecified atom stereocenters. The molecule has 0 fully saturated rings. The van der Waals surface area contributed by atoms with Gasteiger partial charge >= 0.3 is 0 Å². The van der Waals surface area contributed by atoms with Crippen molar-refractivity contribution in [2.75, 3.05) is 24.2 Å². The number of nitrogens with zero attached hydrogens (tertiary/aromatic N) is 3. The summed E-state index contributed by atoms with van der Waals surface area (Å²) in [5, 5.41) is 18.3. The quantitative estimate of drug-likeness (QED) is 0.361. The van der Waals surface area contributed by atoms with Crippen LogP contribution in [0.4, 0.5) is 11.5 Å². The maximum absolute atomic E-state index is 13.3. The molecule has 0 radical (unpaired) electrons. The van der Waals surface area contributed by atoms with Crippen molar-refractivity contribution in [3.05, 3.63) is 70.1 Å². The first-order valence-corrected chi connectivity index (χ1v) is 11.9. The fourth-order valence-electron chi connectivity index (χ4n) is 5.77. The van der Waals surface area contributed by atoms with Crippen LogP contribution in [0.2, 0.25) is 0 Å². The van der Waals surface area contributed by atoms with E-state index in [-0.39, 0.29) is 17.7 Å². The lowest BCUT2D eigenvalue weighted by Crippen LogP contribution is -2.43. The first kappa shape index (κ1) is 22.5. The zero-order valence-electron chi connectivity index (χ0n) is 20.4. The number of carbonyl (C=O) groups excluding carboxylic acids is 1. The van der Waals surface area contributed by atoms with E-state index in [1.165, 1.54) is 11.1 Å². The lowest BCUT2D eigenvalue weighted by atomic mass is 9.88. The number of hydrogen-bond acceptors (Lipinski definition) is 5. The number of rotatable bonds is 4. The highest BCUT2D eigenvalue weighted by Gasteiger charge is 2.49. The number of nitrogens with two attached hydrogens (primary N) is 1. The number of benzene rings is 1. The lowest BCUT2D eigenvalue weighted by Gasteiger charge is -2.27. The van der Waals surface area contributed by atoms with Crippen molar-refractivity contribution in [2.24, 2.45) is 0 Å². The number of carbonyl (C=O) groups is 1. The summed E-state index contributed by atoms with van der Waals surface area (Å²) in [7, 11) is 2.11. The topological polar surface area (TPSA) is 98.5 Å². The minimum absolute atomic E-state index is 0.0611. The molecule has 0 saturated carbocycles. The molecule has 4 N–H and O–H groups in total. The average molecular weight is 460 g/mol. The number of likely N-dealkylation sites (N-methyl/N-ethyl adjacent to an activating group) is 1. The fraction of sp³-hybridized carbons (Fsp3) is 0.407. The van der Waals surface area contributed by atoms with Crippen molar-refractivity contribution in [2.45, 2.75) is 58.0 Å². The molecule has 0 bridgehead atoms. The Morgan fingerprint density at radius 1 is 1.35 bits per heavy atom. The standard InChI is InChI=1S/C27H33N5O2/c1-15(21-12-18(28)11-17-14-31(5)9-8-20(17)21)10-24(33)19-6-7-23(16(19)2)32-25-22(13-29-30-25)27(3,4)26(32)34/h10-13,23,33H,1,6-9,14,28H2,2-5H3,(H,29,30)/b24-10+. The third-order valence-electron chi connectivity index (χ3n) is 7.76. The predicted molar refractivity (Wildman–Crippen MR) is 135 cm³/mol. The number of anilines is 2. The van der Waals surface area contributed by atoms with Gasteiger partial charge in [-0.05, 0) is 98.7 Å². The zero-order chi connectivity index (χ0) is 24.4. The number of H-pyrrole nitrogens is 1. The number of amides is 1. The summed E-state index contributed by atoms with van der Waals surface area (Å²) in [6.45, 7) is 12.0. The number of hydrogen-bond donors (Lipinski definition) is 3. The Balaban J connectivity index is 1.45. The third kappa shape index (κ3) is 3.38. The molecule has 0 spiro atoms. The SMILES string of the molecule is C=C(/C=C(/O)C1=C(C)C(N2C(=O)C(C)(C)c3cn[nH]c32)CC1)c1cc(N)cc2c1CCN(C)C2. The summed E-state index contributed by atoms with van der Waals surface area (Å²) < 4.78 is 0. The van der Waals surface area contributed by atoms with Gasteiger partial charge < -0.3 is 15.7 Å². The molecular formula is C27H33N5O2. The largest absolute Gasteiger partial charge is 0.508 e. The number of aliphatic hydroxyl groups is 1. The molecule has 1 amide bonds. The Bertz CT molecular complexity index is 1270. The van der Waals surface area contributed by atoms with Crippen molar-refractivity contribution in [3.63, 3.8) is 0 Å². The minimum atomic E-state index is -0.613. The fourth-order valence-corrected chi connectivity index (χ4v) is 5.77. The van der Waals surface area contributed by atoms with Gasteiger partial charge in [0.1, 0.15) is 11.6 Å². The van der Waals surface area contributed by atoms with Crippen molar-refractivity contribution >= 4 is 23.0 Å².